The van der Waals surface area contributed by atoms with Crippen molar-refractivity contribution in [1.29, 1.82) is 0 Å². The zero-order chi connectivity index (χ0) is 16.4. The molecule has 1 fully saturated rings. The number of sulfonamides is 1. The minimum Gasteiger partial charge on any atom is -0.341 e. The van der Waals surface area contributed by atoms with Crippen LogP contribution in [0.1, 0.15) is 12.8 Å². The molecule has 11 heteroatoms. The molecule has 124 valence electrons. The Labute approximate surface area is 125 Å². The Morgan fingerprint density at radius 3 is 2.59 bits per heavy atom. The number of rotatable bonds is 3. The molecule has 1 N–H and O–H groups in total. The third kappa shape index (κ3) is 3.97. The van der Waals surface area contributed by atoms with Gasteiger partial charge in [0.15, 0.2) is 5.03 Å². The second-order valence-electron chi connectivity index (χ2n) is 4.85. The largest absolute Gasteiger partial charge is 0.397 e. The molecule has 7 nitrogen and oxygen atoms in total. The first-order valence-electron chi connectivity index (χ1n) is 6.53. The van der Waals surface area contributed by atoms with Gasteiger partial charge < -0.3 is 9.88 Å². The Hall–Kier alpha value is -1.62. The first kappa shape index (κ1) is 16.7. The van der Waals surface area contributed by atoms with Crippen molar-refractivity contribution < 1.29 is 26.4 Å². The van der Waals surface area contributed by atoms with E-state index in [1.54, 1.807) is 0 Å². The van der Waals surface area contributed by atoms with Gasteiger partial charge >= 0.3 is 6.18 Å². The molecular weight excluding hydrogens is 325 g/mol. The van der Waals surface area contributed by atoms with Crippen LogP contribution >= 0.6 is 0 Å². The van der Waals surface area contributed by atoms with Gasteiger partial charge in [-0.3, -0.25) is 4.79 Å². The number of halogens is 3. The number of nitrogens with one attached hydrogen (secondary N) is 1. The second kappa shape index (κ2) is 6.24. The minimum absolute atomic E-state index is 0.0506. The van der Waals surface area contributed by atoms with E-state index in [-0.39, 0.29) is 37.6 Å². The standard InChI is InChI=1S/C11H15F3N4O3S/c12-11(13,14)6-10(19)17-2-1-3-18(5-4-17)22(20,21)9-7-15-8-16-9/h7-8H,1-6H2,(H,15,16). The summed E-state index contributed by atoms with van der Waals surface area (Å²) >= 11 is 0. The molecule has 22 heavy (non-hydrogen) atoms. The average molecular weight is 340 g/mol. The topological polar surface area (TPSA) is 86.4 Å². The molecule has 2 rings (SSSR count). The minimum atomic E-state index is -4.56. The van der Waals surface area contributed by atoms with Crippen molar-refractivity contribution in [2.45, 2.75) is 24.0 Å². The predicted octanol–water partition coefficient (Wildman–Crippen LogP) is 0.585. The van der Waals surface area contributed by atoms with Gasteiger partial charge in [0, 0.05) is 26.2 Å². The summed E-state index contributed by atoms with van der Waals surface area (Å²) < 4.78 is 62.4. The molecule has 0 bridgehead atoms. The fourth-order valence-corrected chi connectivity index (χ4v) is 3.56. The molecule has 1 aliphatic heterocycles. The lowest BCUT2D eigenvalue weighted by atomic mass is 10.3. The Morgan fingerprint density at radius 2 is 2.00 bits per heavy atom. The van der Waals surface area contributed by atoms with Crippen molar-refractivity contribution in [3.8, 4) is 0 Å². The molecule has 0 atom stereocenters. The molecule has 0 spiro atoms. The number of alkyl halides is 3. The normalized spacial score (nSPS) is 18.2. The van der Waals surface area contributed by atoms with E-state index in [1.165, 1.54) is 6.33 Å². The molecule has 1 aromatic rings. The third-order valence-electron chi connectivity index (χ3n) is 3.25. The van der Waals surface area contributed by atoms with Gasteiger partial charge in [-0.25, -0.2) is 13.4 Å². The van der Waals surface area contributed by atoms with Crippen molar-refractivity contribution in [1.82, 2.24) is 19.2 Å². The van der Waals surface area contributed by atoms with Gasteiger partial charge in [-0.15, -0.1) is 0 Å². The monoisotopic (exact) mass is 340 g/mol. The highest BCUT2D eigenvalue weighted by molar-refractivity contribution is 7.89. The summed E-state index contributed by atoms with van der Waals surface area (Å²) in [5, 5.41) is -0.0810. The van der Waals surface area contributed by atoms with Crippen molar-refractivity contribution in [2.24, 2.45) is 0 Å². The molecule has 1 amide bonds. The van der Waals surface area contributed by atoms with E-state index in [0.717, 1.165) is 15.4 Å². The highest BCUT2D eigenvalue weighted by atomic mass is 32.2. The smallest absolute Gasteiger partial charge is 0.341 e. The second-order valence-corrected chi connectivity index (χ2v) is 6.75. The zero-order valence-electron chi connectivity index (χ0n) is 11.5. The number of imidazole rings is 1. The maximum Gasteiger partial charge on any atom is 0.397 e. The molecule has 0 unspecified atom stereocenters. The average Bonchev–Trinajstić information content (AvgIpc) is 2.81. The number of nitrogens with zero attached hydrogens (tertiary/aromatic N) is 3. The molecule has 1 aromatic heterocycles. The summed E-state index contributed by atoms with van der Waals surface area (Å²) in [5.41, 5.74) is 0. The zero-order valence-corrected chi connectivity index (χ0v) is 12.3. The number of carbonyl (C=O) groups is 1. The van der Waals surface area contributed by atoms with Gasteiger partial charge in [0.1, 0.15) is 6.42 Å². The van der Waals surface area contributed by atoms with Crippen LogP contribution < -0.4 is 0 Å². The number of carbonyl (C=O) groups excluding carboxylic acids is 1. The number of aromatic nitrogens is 2. The van der Waals surface area contributed by atoms with Gasteiger partial charge in [-0.1, -0.05) is 0 Å². The van der Waals surface area contributed by atoms with Crippen molar-refractivity contribution in [3.05, 3.63) is 12.5 Å². The first-order valence-corrected chi connectivity index (χ1v) is 7.97. The predicted molar refractivity (Wildman–Crippen MR) is 69.2 cm³/mol. The lowest BCUT2D eigenvalue weighted by Crippen LogP contribution is -2.38. The van der Waals surface area contributed by atoms with Crippen LogP contribution in [0.5, 0.6) is 0 Å². The summed E-state index contributed by atoms with van der Waals surface area (Å²) in [7, 11) is -3.77. The number of hydrogen-bond acceptors (Lipinski definition) is 4. The molecular formula is C11H15F3N4O3S. The Kier molecular flexibility index (Phi) is 4.75. The van der Waals surface area contributed by atoms with E-state index >= 15 is 0 Å². The summed E-state index contributed by atoms with van der Waals surface area (Å²) in [5.74, 6) is -1.03. The molecule has 0 radical (unpaired) electrons. The van der Waals surface area contributed by atoms with Crippen LogP contribution in [0.2, 0.25) is 0 Å². The molecule has 0 aromatic carbocycles. The van der Waals surface area contributed by atoms with Crippen LogP contribution in [0.4, 0.5) is 13.2 Å². The van der Waals surface area contributed by atoms with Crippen molar-refractivity contribution in [3.63, 3.8) is 0 Å². The number of amides is 1. The van der Waals surface area contributed by atoms with E-state index in [2.05, 4.69) is 9.97 Å². The van der Waals surface area contributed by atoms with Crippen LogP contribution in [0.3, 0.4) is 0 Å². The van der Waals surface area contributed by atoms with Gasteiger partial charge in [-0.05, 0) is 6.42 Å². The summed E-state index contributed by atoms with van der Waals surface area (Å²) in [6, 6.07) is 0. The molecule has 0 aliphatic carbocycles. The molecule has 1 saturated heterocycles. The SMILES string of the molecule is O=C(CC(F)(F)F)N1CCCN(S(=O)(=O)c2cnc[nH]2)CC1. The maximum absolute atomic E-state index is 12.3. The van der Waals surface area contributed by atoms with E-state index < -0.39 is 28.5 Å². The summed E-state index contributed by atoms with van der Waals surface area (Å²) in [4.78, 5) is 18.8. The fourth-order valence-electron chi connectivity index (χ4n) is 2.19. The number of aromatic amines is 1. The fraction of sp³-hybridized carbons (Fsp3) is 0.636. The number of H-pyrrole nitrogens is 1. The van der Waals surface area contributed by atoms with Crippen LogP contribution in [-0.2, 0) is 14.8 Å². The molecule has 2 heterocycles. The van der Waals surface area contributed by atoms with Crippen LogP contribution in [-0.4, -0.2) is 65.9 Å². The quantitative estimate of drug-likeness (QED) is 0.872. The van der Waals surface area contributed by atoms with Crippen molar-refractivity contribution in [2.75, 3.05) is 26.2 Å². The van der Waals surface area contributed by atoms with Crippen LogP contribution in [0.25, 0.3) is 0 Å². The van der Waals surface area contributed by atoms with Gasteiger partial charge in [0.05, 0.1) is 12.5 Å². The van der Waals surface area contributed by atoms with E-state index in [1.807, 2.05) is 0 Å². The van der Waals surface area contributed by atoms with Crippen LogP contribution in [0, 0.1) is 0 Å². The van der Waals surface area contributed by atoms with E-state index in [0.29, 0.717) is 0 Å². The Bertz CT molecular complexity index is 615. The van der Waals surface area contributed by atoms with Crippen molar-refractivity contribution >= 4 is 15.9 Å². The third-order valence-corrected chi connectivity index (χ3v) is 5.07. The van der Waals surface area contributed by atoms with Gasteiger partial charge in [0.25, 0.3) is 10.0 Å². The van der Waals surface area contributed by atoms with Gasteiger partial charge in [-0.2, -0.15) is 17.5 Å². The summed E-state index contributed by atoms with van der Waals surface area (Å²) in [6.45, 7) is 0.119. The summed E-state index contributed by atoms with van der Waals surface area (Å²) in [6.07, 6.45) is -3.43. The highest BCUT2D eigenvalue weighted by Crippen LogP contribution is 2.22. The number of hydrogen-bond donors (Lipinski definition) is 1. The van der Waals surface area contributed by atoms with Gasteiger partial charge in [0.2, 0.25) is 5.91 Å². The first-order chi connectivity index (χ1) is 10.2. The molecule has 0 saturated carbocycles. The Balaban J connectivity index is 2.03. The highest BCUT2D eigenvalue weighted by Gasteiger charge is 2.35. The Morgan fingerprint density at radius 1 is 1.27 bits per heavy atom. The molecule has 1 aliphatic rings. The van der Waals surface area contributed by atoms with Crippen LogP contribution in [0.15, 0.2) is 17.6 Å². The lowest BCUT2D eigenvalue weighted by molar-refractivity contribution is -0.161. The maximum atomic E-state index is 12.3. The lowest BCUT2D eigenvalue weighted by Gasteiger charge is -2.22. The van der Waals surface area contributed by atoms with E-state index in [4.69, 9.17) is 0 Å². The van der Waals surface area contributed by atoms with E-state index in [9.17, 15) is 26.4 Å².